The van der Waals surface area contributed by atoms with Gasteiger partial charge in [-0.1, -0.05) is 95.5 Å². The van der Waals surface area contributed by atoms with E-state index in [4.69, 9.17) is 92.3 Å². The quantitative estimate of drug-likeness (QED) is 0.124. The number of alkyl halides is 3. The summed E-state index contributed by atoms with van der Waals surface area (Å²) in [4.78, 5) is 11.8. The maximum atomic E-state index is 11.8. The number of ether oxygens (including phenoxy) is 11. The monoisotopic (exact) mass is 787 g/mol. The summed E-state index contributed by atoms with van der Waals surface area (Å²) in [5.74, 6) is -3.17. The highest BCUT2D eigenvalue weighted by atomic mass is 35.6. The summed E-state index contributed by atoms with van der Waals surface area (Å²) in [6.07, 6.45) is -8.40. The molecule has 52 heavy (non-hydrogen) atoms. The molecule has 0 bridgehead atoms. The van der Waals surface area contributed by atoms with Crippen molar-refractivity contribution >= 4 is 46.7 Å². The van der Waals surface area contributed by atoms with Crippen LogP contribution >= 0.6 is 34.8 Å². The van der Waals surface area contributed by atoms with Crippen molar-refractivity contribution in [3.63, 3.8) is 0 Å². The first-order valence-corrected chi connectivity index (χ1v) is 18.1. The van der Waals surface area contributed by atoms with E-state index in [2.05, 4.69) is 0 Å². The van der Waals surface area contributed by atoms with E-state index in [9.17, 15) is 4.79 Å². The number of esters is 1. The smallest absolute Gasteiger partial charge is 0.302 e. The zero-order chi connectivity index (χ0) is 37.3. The van der Waals surface area contributed by atoms with E-state index >= 15 is 0 Å². The van der Waals surface area contributed by atoms with Crippen molar-refractivity contribution in [2.24, 2.45) is 0 Å². The SMILES string of the molecule is CC(=O)OC[C@H]1O[C@H](OC[C@H]2O[C@H](OC(=N)C(Cl)(Cl)Cl)[C@H](OCc3ccccc3)[C@H]3OC(C)(C)O[C@H]32)[C@H](OCc2ccccc2)[C@H]2OC(C)(C)O[C@H]21. The number of rotatable bonds is 12. The van der Waals surface area contributed by atoms with Gasteiger partial charge in [-0.15, -0.1) is 0 Å². The van der Waals surface area contributed by atoms with E-state index in [1.807, 2.05) is 60.7 Å². The highest BCUT2D eigenvalue weighted by Crippen LogP contribution is 2.42. The lowest BCUT2D eigenvalue weighted by Gasteiger charge is -2.44. The molecule has 4 aliphatic heterocycles. The van der Waals surface area contributed by atoms with Crippen LogP contribution in [-0.2, 0) is 70.1 Å². The number of carbonyl (C=O) groups is 1. The van der Waals surface area contributed by atoms with Crippen LogP contribution in [0, 0.1) is 5.41 Å². The first kappa shape index (κ1) is 39.6. The maximum absolute atomic E-state index is 11.8. The van der Waals surface area contributed by atoms with Gasteiger partial charge in [0, 0.05) is 6.92 Å². The zero-order valence-corrected chi connectivity index (χ0v) is 31.7. The highest BCUT2D eigenvalue weighted by Gasteiger charge is 2.59. The Kier molecular flexibility index (Phi) is 12.4. The number of nitrogens with one attached hydrogen (secondary N) is 1. The third-order valence-corrected chi connectivity index (χ3v) is 9.31. The molecule has 4 heterocycles. The molecule has 0 aliphatic carbocycles. The Morgan fingerprint density at radius 3 is 1.62 bits per heavy atom. The minimum Gasteiger partial charge on any atom is -0.463 e. The van der Waals surface area contributed by atoms with Gasteiger partial charge in [-0.2, -0.15) is 0 Å². The van der Waals surface area contributed by atoms with Crippen LogP contribution in [-0.4, -0.2) is 102 Å². The Morgan fingerprint density at radius 2 is 1.13 bits per heavy atom. The molecule has 16 heteroatoms. The van der Waals surface area contributed by atoms with Crippen molar-refractivity contribution in [3.8, 4) is 0 Å². The molecule has 6 rings (SSSR count). The minimum absolute atomic E-state index is 0.105. The second-order valence-corrected chi connectivity index (χ2v) is 16.1. The summed E-state index contributed by atoms with van der Waals surface area (Å²) in [7, 11) is 0. The van der Waals surface area contributed by atoms with E-state index in [0.717, 1.165) is 11.1 Å². The predicted molar refractivity (Wildman–Crippen MR) is 187 cm³/mol. The van der Waals surface area contributed by atoms with E-state index in [-0.39, 0.29) is 26.4 Å². The Labute approximate surface area is 317 Å². The van der Waals surface area contributed by atoms with Gasteiger partial charge >= 0.3 is 5.97 Å². The third kappa shape index (κ3) is 9.76. The number of hydrogen-bond acceptors (Lipinski definition) is 13. The fourth-order valence-corrected chi connectivity index (χ4v) is 6.76. The van der Waals surface area contributed by atoms with Gasteiger partial charge in [0.2, 0.25) is 12.2 Å². The van der Waals surface area contributed by atoms with Crippen molar-refractivity contribution in [1.82, 2.24) is 0 Å². The molecule has 4 fully saturated rings. The van der Waals surface area contributed by atoms with Crippen LogP contribution < -0.4 is 0 Å². The average molecular weight is 789 g/mol. The van der Waals surface area contributed by atoms with Crippen LogP contribution in [0.15, 0.2) is 60.7 Å². The molecule has 4 aliphatic rings. The molecule has 10 atom stereocenters. The Balaban J connectivity index is 1.25. The first-order chi connectivity index (χ1) is 24.6. The number of carbonyl (C=O) groups excluding carboxylic acids is 1. The van der Waals surface area contributed by atoms with Crippen molar-refractivity contribution in [2.45, 2.75) is 125 Å². The summed E-state index contributed by atoms with van der Waals surface area (Å²) >= 11 is 18.0. The minimum atomic E-state index is -2.17. The van der Waals surface area contributed by atoms with E-state index < -0.39 is 88.6 Å². The van der Waals surface area contributed by atoms with Gasteiger partial charge in [0.25, 0.3) is 3.79 Å². The molecule has 0 unspecified atom stereocenters. The molecule has 4 saturated heterocycles. The lowest BCUT2D eigenvalue weighted by Crippen LogP contribution is -2.61. The maximum Gasteiger partial charge on any atom is 0.302 e. The summed E-state index contributed by atoms with van der Waals surface area (Å²) in [5.41, 5.74) is 1.81. The van der Waals surface area contributed by atoms with Gasteiger partial charge in [0.15, 0.2) is 17.9 Å². The third-order valence-electron chi connectivity index (χ3n) is 8.80. The summed E-state index contributed by atoms with van der Waals surface area (Å²) in [6.45, 7) is 8.60. The largest absolute Gasteiger partial charge is 0.463 e. The van der Waals surface area contributed by atoms with Gasteiger partial charge < -0.3 is 52.1 Å². The summed E-state index contributed by atoms with van der Waals surface area (Å²) in [5, 5.41) is 8.34. The molecule has 13 nitrogen and oxygen atoms in total. The standard InChI is InChI=1S/C36H44Cl3NO12/c1-20(41)42-18-23-25-27(51-34(2,3)49-25)29(43-16-21-12-8-6-9-13-21)31(46-23)45-19-24-26-28(52-35(4,5)50-26)30(44-17-22-14-10-7-11-15-22)32(47-24)48-33(40)36(37,38)39/h6-15,23-32,40H,16-19H2,1-5H3/t23-,24-,25+,26+,27+,28+,29-,30-,31+,32-/m1/s1. The van der Waals surface area contributed by atoms with E-state index in [0.29, 0.717) is 0 Å². The number of benzene rings is 2. The fraction of sp³-hybridized carbons (Fsp3) is 0.611. The first-order valence-electron chi connectivity index (χ1n) is 17.0. The molecule has 2 aromatic carbocycles. The molecular weight excluding hydrogens is 745 g/mol. The van der Waals surface area contributed by atoms with E-state index in [1.165, 1.54) is 6.92 Å². The molecule has 0 amide bonds. The molecule has 1 N–H and O–H groups in total. The lowest BCUT2D eigenvalue weighted by molar-refractivity contribution is -0.317. The molecular formula is C36H44Cl3NO12. The average Bonchev–Trinajstić information content (AvgIpc) is 3.59. The molecule has 286 valence electrons. The van der Waals surface area contributed by atoms with Crippen LogP contribution in [0.5, 0.6) is 0 Å². The van der Waals surface area contributed by atoms with Gasteiger partial charge in [-0.05, 0) is 38.8 Å². The zero-order valence-electron chi connectivity index (χ0n) is 29.4. The normalized spacial score (nSPS) is 33.5. The van der Waals surface area contributed by atoms with Crippen molar-refractivity contribution in [1.29, 1.82) is 5.41 Å². The fourth-order valence-electron chi connectivity index (χ4n) is 6.63. The van der Waals surface area contributed by atoms with Crippen LogP contribution in [0.3, 0.4) is 0 Å². The molecule has 0 aromatic heterocycles. The van der Waals surface area contributed by atoms with Gasteiger partial charge in [-0.25, -0.2) is 0 Å². The molecule has 2 aromatic rings. The van der Waals surface area contributed by atoms with Gasteiger partial charge in [0.1, 0.15) is 55.4 Å². The number of halogens is 3. The highest BCUT2D eigenvalue weighted by molar-refractivity contribution is 6.76. The van der Waals surface area contributed by atoms with Crippen molar-refractivity contribution in [2.75, 3.05) is 13.2 Å². The number of fused-ring (bicyclic) bond motifs is 2. The number of hydrogen-bond donors (Lipinski definition) is 1. The lowest BCUT2D eigenvalue weighted by atomic mass is 9.98. The molecule has 0 radical (unpaired) electrons. The second kappa shape index (κ2) is 16.3. The van der Waals surface area contributed by atoms with E-state index in [1.54, 1.807) is 27.7 Å². The van der Waals surface area contributed by atoms with Crippen LogP contribution in [0.4, 0.5) is 0 Å². The van der Waals surface area contributed by atoms with Crippen molar-refractivity contribution in [3.05, 3.63) is 71.8 Å². The Morgan fingerprint density at radius 1 is 0.692 bits per heavy atom. The molecule has 0 saturated carbocycles. The second-order valence-electron chi connectivity index (χ2n) is 13.8. The van der Waals surface area contributed by atoms with Gasteiger partial charge in [0.05, 0.1) is 19.8 Å². The van der Waals surface area contributed by atoms with Crippen LogP contribution in [0.1, 0.15) is 45.7 Å². The molecule has 0 spiro atoms. The van der Waals surface area contributed by atoms with Gasteiger partial charge in [-0.3, -0.25) is 10.2 Å². The Bertz CT molecular complexity index is 1510. The van der Waals surface area contributed by atoms with Crippen molar-refractivity contribution < 1.29 is 56.9 Å². The Hall–Kier alpha value is -2.11. The van der Waals surface area contributed by atoms with Crippen LogP contribution in [0.25, 0.3) is 0 Å². The van der Waals surface area contributed by atoms with Crippen LogP contribution in [0.2, 0.25) is 0 Å². The summed E-state index contributed by atoms with van der Waals surface area (Å²) in [6, 6.07) is 19.1. The predicted octanol–water partition coefficient (Wildman–Crippen LogP) is 5.59. The topological polar surface area (TPSA) is 142 Å². The summed E-state index contributed by atoms with van der Waals surface area (Å²) < 4.78 is 66.4.